The number of nitrogens with zero attached hydrogens (tertiary/aromatic N) is 2. The van der Waals surface area contributed by atoms with Crippen molar-refractivity contribution in [1.82, 2.24) is 9.55 Å². The van der Waals surface area contributed by atoms with Gasteiger partial charge in [-0.25, -0.2) is 4.98 Å². The van der Waals surface area contributed by atoms with Crippen molar-refractivity contribution in [3.63, 3.8) is 0 Å². The van der Waals surface area contributed by atoms with Crippen LogP contribution >= 0.6 is 0 Å². The first kappa shape index (κ1) is 14.1. The zero-order valence-electron chi connectivity index (χ0n) is 13.1. The smallest absolute Gasteiger partial charge is 0.106 e. The van der Waals surface area contributed by atoms with Crippen LogP contribution in [0.5, 0.6) is 0 Å². The monoisotopic (exact) mass is 275 g/mol. The van der Waals surface area contributed by atoms with Gasteiger partial charge in [-0.15, -0.1) is 0 Å². The molecule has 1 fully saturated rings. The predicted molar refractivity (Wildman–Crippen MR) is 82.8 cm³/mol. The highest BCUT2D eigenvalue weighted by Gasteiger charge is 2.33. The van der Waals surface area contributed by atoms with Crippen LogP contribution in [0.3, 0.4) is 0 Å². The molecule has 2 aliphatic carbocycles. The van der Waals surface area contributed by atoms with Crippen molar-refractivity contribution in [2.24, 2.45) is 17.6 Å². The lowest BCUT2D eigenvalue weighted by molar-refractivity contribution is 0.179. The Morgan fingerprint density at radius 1 is 1.25 bits per heavy atom. The molecule has 0 saturated heterocycles. The molecule has 0 bridgehead atoms. The Hall–Kier alpha value is -0.830. The molecule has 112 valence electrons. The fourth-order valence-electron chi connectivity index (χ4n) is 4.39. The minimum Gasteiger partial charge on any atom is -0.330 e. The molecule has 3 heteroatoms. The van der Waals surface area contributed by atoms with Crippen molar-refractivity contribution >= 4 is 0 Å². The second-order valence-electron chi connectivity index (χ2n) is 6.78. The number of aromatic nitrogens is 2. The zero-order chi connectivity index (χ0) is 14.1. The minimum atomic E-state index is 0.605. The molecular formula is C17H29N3. The van der Waals surface area contributed by atoms with Gasteiger partial charge < -0.3 is 10.3 Å². The average Bonchev–Trinajstić information content (AvgIpc) is 2.82. The SMILES string of the molecule is CCC1CCC(CN)C(n2c(C)nc3c2CCCC3)C1. The predicted octanol–water partition coefficient (Wildman–Crippen LogP) is 3.40. The van der Waals surface area contributed by atoms with Crippen LogP contribution in [0.2, 0.25) is 0 Å². The van der Waals surface area contributed by atoms with E-state index < -0.39 is 0 Å². The average molecular weight is 275 g/mol. The molecule has 0 radical (unpaired) electrons. The maximum Gasteiger partial charge on any atom is 0.106 e. The first-order chi connectivity index (χ1) is 9.74. The van der Waals surface area contributed by atoms with Crippen LogP contribution in [0.25, 0.3) is 0 Å². The summed E-state index contributed by atoms with van der Waals surface area (Å²) in [6, 6.07) is 0.605. The Morgan fingerprint density at radius 3 is 2.80 bits per heavy atom. The zero-order valence-corrected chi connectivity index (χ0v) is 13.1. The third-order valence-corrected chi connectivity index (χ3v) is 5.62. The van der Waals surface area contributed by atoms with E-state index in [1.54, 1.807) is 0 Å². The van der Waals surface area contributed by atoms with E-state index in [1.165, 1.54) is 68.6 Å². The molecule has 3 rings (SSSR count). The third-order valence-electron chi connectivity index (χ3n) is 5.62. The molecule has 1 aromatic rings. The Morgan fingerprint density at radius 2 is 2.05 bits per heavy atom. The molecule has 0 amide bonds. The topological polar surface area (TPSA) is 43.8 Å². The number of aryl methyl sites for hydroxylation is 2. The molecule has 3 atom stereocenters. The minimum absolute atomic E-state index is 0.605. The lowest BCUT2D eigenvalue weighted by atomic mass is 9.77. The van der Waals surface area contributed by atoms with E-state index in [0.717, 1.165) is 12.5 Å². The summed E-state index contributed by atoms with van der Waals surface area (Å²) in [6.07, 6.45) is 10.3. The van der Waals surface area contributed by atoms with Crippen molar-refractivity contribution in [3.8, 4) is 0 Å². The second-order valence-corrected chi connectivity index (χ2v) is 6.78. The van der Waals surface area contributed by atoms with E-state index in [-0.39, 0.29) is 0 Å². The number of nitrogens with two attached hydrogens (primary N) is 1. The largest absolute Gasteiger partial charge is 0.330 e. The molecule has 0 spiro atoms. The number of imidazole rings is 1. The first-order valence-corrected chi connectivity index (χ1v) is 8.51. The molecule has 1 saturated carbocycles. The fourth-order valence-corrected chi connectivity index (χ4v) is 4.39. The summed E-state index contributed by atoms with van der Waals surface area (Å²) >= 11 is 0. The van der Waals surface area contributed by atoms with Gasteiger partial charge in [-0.2, -0.15) is 0 Å². The van der Waals surface area contributed by atoms with Gasteiger partial charge in [0.2, 0.25) is 0 Å². The van der Waals surface area contributed by atoms with E-state index in [0.29, 0.717) is 12.0 Å². The van der Waals surface area contributed by atoms with E-state index in [4.69, 9.17) is 10.7 Å². The standard InChI is InChI=1S/C17H29N3/c1-3-13-8-9-14(11-18)17(10-13)20-12(2)19-15-6-4-5-7-16(15)20/h13-14,17H,3-11,18H2,1-2H3. The molecule has 1 heterocycles. The van der Waals surface area contributed by atoms with Crippen LogP contribution in [0, 0.1) is 18.8 Å². The number of hydrogen-bond donors (Lipinski definition) is 1. The van der Waals surface area contributed by atoms with Crippen molar-refractivity contribution in [2.45, 2.75) is 71.3 Å². The summed E-state index contributed by atoms with van der Waals surface area (Å²) in [5.74, 6) is 2.76. The van der Waals surface area contributed by atoms with Crippen LogP contribution in [-0.2, 0) is 12.8 Å². The molecule has 3 nitrogen and oxygen atoms in total. The van der Waals surface area contributed by atoms with Crippen molar-refractivity contribution in [1.29, 1.82) is 0 Å². The maximum atomic E-state index is 6.08. The van der Waals surface area contributed by atoms with Crippen LogP contribution in [0.15, 0.2) is 0 Å². The van der Waals surface area contributed by atoms with Gasteiger partial charge >= 0.3 is 0 Å². The Labute approximate surface area is 123 Å². The summed E-state index contributed by atoms with van der Waals surface area (Å²) < 4.78 is 2.59. The van der Waals surface area contributed by atoms with E-state index >= 15 is 0 Å². The normalized spacial score (nSPS) is 30.2. The van der Waals surface area contributed by atoms with Gasteiger partial charge in [0.15, 0.2) is 0 Å². The number of fused-ring (bicyclic) bond motifs is 1. The molecule has 3 unspecified atom stereocenters. The van der Waals surface area contributed by atoms with Crippen LogP contribution in [-0.4, -0.2) is 16.1 Å². The van der Waals surface area contributed by atoms with E-state index in [2.05, 4.69) is 18.4 Å². The summed E-state index contributed by atoms with van der Waals surface area (Å²) in [5.41, 5.74) is 8.99. The second kappa shape index (κ2) is 5.88. The molecule has 2 N–H and O–H groups in total. The Kier molecular flexibility index (Phi) is 4.16. The fraction of sp³-hybridized carbons (Fsp3) is 0.824. The van der Waals surface area contributed by atoms with Gasteiger partial charge in [0, 0.05) is 11.7 Å². The van der Waals surface area contributed by atoms with Crippen LogP contribution < -0.4 is 5.73 Å². The van der Waals surface area contributed by atoms with Gasteiger partial charge in [-0.05, 0) is 70.3 Å². The highest BCUT2D eigenvalue weighted by Crippen LogP contribution is 2.40. The van der Waals surface area contributed by atoms with E-state index in [9.17, 15) is 0 Å². The lowest BCUT2D eigenvalue weighted by Crippen LogP contribution is -2.33. The highest BCUT2D eigenvalue weighted by atomic mass is 15.1. The summed E-state index contributed by atoms with van der Waals surface area (Å²) in [7, 11) is 0. The lowest BCUT2D eigenvalue weighted by Gasteiger charge is -2.38. The van der Waals surface area contributed by atoms with Gasteiger partial charge in [0.25, 0.3) is 0 Å². The first-order valence-electron chi connectivity index (χ1n) is 8.51. The molecule has 1 aromatic heterocycles. The third kappa shape index (κ3) is 2.41. The van der Waals surface area contributed by atoms with Gasteiger partial charge in [-0.1, -0.05) is 13.3 Å². The molecule has 0 aromatic carbocycles. The molecule has 20 heavy (non-hydrogen) atoms. The van der Waals surface area contributed by atoms with Crippen LogP contribution in [0.1, 0.15) is 68.7 Å². The summed E-state index contributed by atoms with van der Waals surface area (Å²) in [6.45, 7) is 5.36. The van der Waals surface area contributed by atoms with Crippen molar-refractivity contribution in [2.75, 3.05) is 6.54 Å². The van der Waals surface area contributed by atoms with Gasteiger partial charge in [0.05, 0.1) is 5.69 Å². The van der Waals surface area contributed by atoms with E-state index in [1.807, 2.05) is 0 Å². The highest BCUT2D eigenvalue weighted by molar-refractivity contribution is 5.21. The maximum absolute atomic E-state index is 6.08. The molecule has 0 aliphatic heterocycles. The number of rotatable bonds is 3. The Bertz CT molecular complexity index is 463. The summed E-state index contributed by atoms with van der Waals surface area (Å²) in [5, 5.41) is 0. The molecule has 2 aliphatic rings. The van der Waals surface area contributed by atoms with Crippen molar-refractivity contribution < 1.29 is 0 Å². The molecular weight excluding hydrogens is 246 g/mol. The van der Waals surface area contributed by atoms with Gasteiger partial charge in [-0.3, -0.25) is 0 Å². The van der Waals surface area contributed by atoms with Crippen LogP contribution in [0.4, 0.5) is 0 Å². The Balaban J connectivity index is 1.94. The summed E-state index contributed by atoms with van der Waals surface area (Å²) in [4.78, 5) is 4.87. The van der Waals surface area contributed by atoms with Crippen molar-refractivity contribution in [3.05, 3.63) is 17.2 Å². The quantitative estimate of drug-likeness (QED) is 0.919. The van der Waals surface area contributed by atoms with Gasteiger partial charge in [0.1, 0.15) is 5.82 Å². The number of hydrogen-bond acceptors (Lipinski definition) is 2.